The fourth-order valence-electron chi connectivity index (χ4n) is 2.49. The number of ether oxygens (including phenoxy) is 1. The van der Waals surface area contributed by atoms with Crippen molar-refractivity contribution in [3.63, 3.8) is 0 Å². The summed E-state index contributed by atoms with van der Waals surface area (Å²) in [6.07, 6.45) is 3.20. The summed E-state index contributed by atoms with van der Waals surface area (Å²) < 4.78 is 5.99. The Morgan fingerprint density at radius 3 is 2.91 bits per heavy atom. The zero-order valence-corrected chi connectivity index (χ0v) is 15.2. The van der Waals surface area contributed by atoms with E-state index in [1.807, 2.05) is 32.9 Å². The van der Waals surface area contributed by atoms with Crippen molar-refractivity contribution in [3.8, 4) is 6.07 Å². The van der Waals surface area contributed by atoms with Gasteiger partial charge in [0.1, 0.15) is 11.7 Å². The van der Waals surface area contributed by atoms with Crippen molar-refractivity contribution in [2.45, 2.75) is 45.3 Å². The summed E-state index contributed by atoms with van der Waals surface area (Å²) in [5.41, 5.74) is 0.807. The molecule has 1 fully saturated rings. The Kier molecular flexibility index (Phi) is 5.47. The highest BCUT2D eigenvalue weighted by atomic mass is 79.9. The third-order valence-electron chi connectivity index (χ3n) is 3.44. The van der Waals surface area contributed by atoms with Crippen molar-refractivity contribution in [1.82, 2.24) is 10.3 Å². The van der Waals surface area contributed by atoms with E-state index >= 15 is 0 Å². The molecular weight excluding hydrogens is 360 g/mol. The molecule has 0 radical (unpaired) electrons. The first-order valence-electron chi connectivity index (χ1n) is 7.58. The maximum atomic E-state index is 11.9. The molecule has 1 atom stereocenters. The molecule has 0 aromatic carbocycles. The second-order valence-corrected chi connectivity index (χ2v) is 7.42. The van der Waals surface area contributed by atoms with Gasteiger partial charge in [-0.05, 0) is 55.6 Å². The fraction of sp³-hybridized carbons (Fsp3) is 0.562. The molecule has 6 nitrogen and oxygen atoms in total. The van der Waals surface area contributed by atoms with Crippen molar-refractivity contribution in [2.24, 2.45) is 0 Å². The lowest BCUT2D eigenvalue weighted by atomic mass is 10.1. The van der Waals surface area contributed by atoms with E-state index in [4.69, 9.17) is 10.00 Å². The van der Waals surface area contributed by atoms with Gasteiger partial charge in [-0.15, -0.1) is 0 Å². The van der Waals surface area contributed by atoms with Crippen LogP contribution in [-0.2, 0) is 4.74 Å². The number of halogens is 1. The molecule has 7 heteroatoms. The molecular formula is C16H21BrN4O2. The van der Waals surface area contributed by atoms with E-state index in [-0.39, 0.29) is 12.1 Å². The predicted molar refractivity (Wildman–Crippen MR) is 91.3 cm³/mol. The number of nitrogens with one attached hydrogen (secondary N) is 1. The second kappa shape index (κ2) is 7.18. The molecule has 1 unspecified atom stereocenters. The fourth-order valence-corrected chi connectivity index (χ4v) is 2.91. The van der Waals surface area contributed by atoms with Gasteiger partial charge in [0, 0.05) is 19.1 Å². The third kappa shape index (κ3) is 5.10. The minimum atomic E-state index is -0.500. The van der Waals surface area contributed by atoms with Crippen LogP contribution >= 0.6 is 15.9 Å². The number of nitriles is 1. The molecule has 0 bridgehead atoms. The first kappa shape index (κ1) is 17.5. The monoisotopic (exact) mass is 380 g/mol. The van der Waals surface area contributed by atoms with Crippen molar-refractivity contribution >= 4 is 27.7 Å². The van der Waals surface area contributed by atoms with Crippen LogP contribution in [0.2, 0.25) is 0 Å². The molecule has 2 rings (SSSR count). The number of aromatic nitrogens is 1. The predicted octanol–water partition coefficient (Wildman–Crippen LogP) is 3.21. The molecule has 0 spiro atoms. The third-order valence-corrected chi connectivity index (χ3v) is 4.04. The second-order valence-electron chi connectivity index (χ2n) is 6.57. The molecule has 1 amide bonds. The van der Waals surface area contributed by atoms with Gasteiger partial charge in [-0.3, -0.25) is 0 Å². The smallest absolute Gasteiger partial charge is 0.407 e. The highest BCUT2D eigenvalue weighted by molar-refractivity contribution is 9.10. The zero-order chi connectivity index (χ0) is 17.0. The zero-order valence-electron chi connectivity index (χ0n) is 13.6. The lowest BCUT2D eigenvalue weighted by Gasteiger charge is -2.35. The number of rotatable bonds is 2. The summed E-state index contributed by atoms with van der Waals surface area (Å²) >= 11 is 3.36. The van der Waals surface area contributed by atoms with Crippen LogP contribution in [0.1, 0.15) is 39.3 Å². The minimum absolute atomic E-state index is 0.0352. The van der Waals surface area contributed by atoms with E-state index < -0.39 is 5.60 Å². The van der Waals surface area contributed by atoms with E-state index in [2.05, 4.69) is 31.1 Å². The summed E-state index contributed by atoms with van der Waals surface area (Å²) in [5.74, 6) is 0. The van der Waals surface area contributed by atoms with Gasteiger partial charge < -0.3 is 15.0 Å². The lowest BCUT2D eigenvalue weighted by molar-refractivity contribution is 0.0500. The van der Waals surface area contributed by atoms with Crippen molar-refractivity contribution in [3.05, 3.63) is 22.4 Å². The van der Waals surface area contributed by atoms with Crippen LogP contribution in [0.5, 0.6) is 0 Å². The maximum absolute atomic E-state index is 11.9. The first-order valence-corrected chi connectivity index (χ1v) is 8.38. The van der Waals surface area contributed by atoms with Gasteiger partial charge in [-0.2, -0.15) is 5.26 Å². The van der Waals surface area contributed by atoms with Gasteiger partial charge >= 0.3 is 6.09 Å². The van der Waals surface area contributed by atoms with Crippen LogP contribution in [0.25, 0.3) is 0 Å². The molecule has 23 heavy (non-hydrogen) atoms. The first-order chi connectivity index (χ1) is 10.8. The normalized spacial score (nSPS) is 18.2. The number of alkyl carbamates (subject to hydrolysis) is 1. The highest BCUT2D eigenvalue weighted by Gasteiger charge is 2.24. The average molecular weight is 381 g/mol. The topological polar surface area (TPSA) is 78.2 Å². The number of carbonyl (C=O) groups is 1. The minimum Gasteiger partial charge on any atom is -0.444 e. The Hall–Kier alpha value is -1.81. The number of carbonyl (C=O) groups excluding carboxylic acids is 1. The Labute approximate surface area is 145 Å². The van der Waals surface area contributed by atoms with Crippen LogP contribution in [0, 0.1) is 11.3 Å². The van der Waals surface area contributed by atoms with Crippen molar-refractivity contribution < 1.29 is 9.53 Å². The van der Waals surface area contributed by atoms with Gasteiger partial charge in [0.25, 0.3) is 0 Å². The summed E-state index contributed by atoms with van der Waals surface area (Å²) in [7, 11) is 0. The summed E-state index contributed by atoms with van der Waals surface area (Å²) in [6.45, 7) is 7.13. The van der Waals surface area contributed by atoms with Gasteiger partial charge in [-0.1, -0.05) is 0 Å². The Morgan fingerprint density at radius 1 is 1.57 bits per heavy atom. The van der Waals surface area contributed by atoms with Crippen molar-refractivity contribution in [1.29, 1.82) is 5.26 Å². The van der Waals surface area contributed by atoms with Crippen LogP contribution in [0.3, 0.4) is 0 Å². The lowest BCUT2D eigenvalue weighted by Crippen LogP contribution is -2.49. The Bertz CT molecular complexity index is 621. The molecule has 1 aromatic heterocycles. The maximum Gasteiger partial charge on any atom is 0.407 e. The van der Waals surface area contributed by atoms with Gasteiger partial charge in [-0.25, -0.2) is 9.78 Å². The Balaban J connectivity index is 1.99. The van der Waals surface area contributed by atoms with E-state index in [0.29, 0.717) is 16.7 Å². The summed E-state index contributed by atoms with van der Waals surface area (Å²) in [4.78, 5) is 18.2. The molecule has 1 saturated heterocycles. The summed E-state index contributed by atoms with van der Waals surface area (Å²) in [6, 6.07) is 3.96. The van der Waals surface area contributed by atoms with Crippen LogP contribution in [0.4, 0.5) is 10.5 Å². The molecule has 1 aliphatic heterocycles. The molecule has 2 heterocycles. The number of amides is 1. The molecule has 0 saturated carbocycles. The SMILES string of the molecule is CC(C)(C)OC(=O)NC1CCCN(c2cnc(C#N)c(Br)c2)C1. The molecule has 1 N–H and O–H groups in total. The molecule has 0 aliphatic carbocycles. The van der Waals surface area contributed by atoms with Crippen LogP contribution in [0.15, 0.2) is 16.7 Å². The number of hydrogen-bond donors (Lipinski definition) is 1. The van der Waals surface area contributed by atoms with Gasteiger partial charge in [0.15, 0.2) is 5.69 Å². The quantitative estimate of drug-likeness (QED) is 0.851. The number of anilines is 1. The number of piperidine rings is 1. The van der Waals surface area contributed by atoms with Crippen LogP contribution in [-0.4, -0.2) is 35.8 Å². The molecule has 1 aromatic rings. The van der Waals surface area contributed by atoms with Gasteiger partial charge in [0.2, 0.25) is 0 Å². The van der Waals surface area contributed by atoms with E-state index in [9.17, 15) is 4.79 Å². The number of pyridine rings is 1. The number of nitrogens with zero attached hydrogens (tertiary/aromatic N) is 3. The largest absolute Gasteiger partial charge is 0.444 e. The Morgan fingerprint density at radius 2 is 2.30 bits per heavy atom. The summed E-state index contributed by atoms with van der Waals surface area (Å²) in [5, 5.41) is 11.9. The average Bonchev–Trinajstić information content (AvgIpc) is 2.45. The van der Waals surface area contributed by atoms with Crippen LogP contribution < -0.4 is 10.2 Å². The van der Waals surface area contributed by atoms with Gasteiger partial charge in [0.05, 0.1) is 16.4 Å². The standard InChI is InChI=1S/C16H21BrN4O2/c1-16(2,3)23-15(22)20-11-5-4-6-21(10-11)12-7-13(17)14(8-18)19-9-12/h7,9,11H,4-6,10H2,1-3H3,(H,20,22). The van der Waals surface area contributed by atoms with E-state index in [1.165, 1.54) is 0 Å². The molecule has 1 aliphatic rings. The van der Waals surface area contributed by atoms with E-state index in [0.717, 1.165) is 25.1 Å². The van der Waals surface area contributed by atoms with Crippen molar-refractivity contribution in [2.75, 3.05) is 18.0 Å². The highest BCUT2D eigenvalue weighted by Crippen LogP contribution is 2.24. The molecule has 124 valence electrons. The number of hydrogen-bond acceptors (Lipinski definition) is 5. The van der Waals surface area contributed by atoms with E-state index in [1.54, 1.807) is 6.20 Å².